The van der Waals surface area contributed by atoms with Gasteiger partial charge in [-0.05, 0) is 50.8 Å². The van der Waals surface area contributed by atoms with Crippen molar-refractivity contribution in [3.8, 4) is 0 Å². The van der Waals surface area contributed by atoms with Crippen molar-refractivity contribution in [2.24, 2.45) is 11.1 Å². The standard InChI is InChI=1S/C19H28N2O/c1-2-18(17(20)22)12-6-7-13-19(18,21-14-8-9-15-21)16-10-4-3-5-11-16/h3-5,10-11H,2,6-9,12-15H2,1H3,(H2,20,22). The first kappa shape index (κ1) is 15.5. The van der Waals surface area contributed by atoms with Crippen LogP contribution in [0.3, 0.4) is 0 Å². The van der Waals surface area contributed by atoms with Gasteiger partial charge in [-0.25, -0.2) is 0 Å². The summed E-state index contributed by atoms with van der Waals surface area (Å²) in [6, 6.07) is 10.7. The Morgan fingerprint density at radius 2 is 1.73 bits per heavy atom. The van der Waals surface area contributed by atoms with Gasteiger partial charge >= 0.3 is 0 Å². The number of rotatable bonds is 4. The van der Waals surface area contributed by atoms with E-state index in [-0.39, 0.29) is 11.4 Å². The lowest BCUT2D eigenvalue weighted by atomic mass is 9.56. The molecule has 0 spiro atoms. The van der Waals surface area contributed by atoms with E-state index < -0.39 is 5.41 Å². The van der Waals surface area contributed by atoms with Crippen molar-refractivity contribution in [1.29, 1.82) is 0 Å². The van der Waals surface area contributed by atoms with Gasteiger partial charge in [-0.2, -0.15) is 0 Å². The number of primary amides is 1. The van der Waals surface area contributed by atoms with Crippen molar-refractivity contribution in [3.05, 3.63) is 35.9 Å². The second-order valence-electron chi connectivity index (χ2n) is 6.93. The third kappa shape index (κ3) is 2.10. The van der Waals surface area contributed by atoms with Crippen LogP contribution in [0.1, 0.15) is 57.4 Å². The molecule has 1 aliphatic carbocycles. The van der Waals surface area contributed by atoms with E-state index in [4.69, 9.17) is 5.73 Å². The Bertz CT molecular complexity index is 523. The predicted molar refractivity (Wildman–Crippen MR) is 89.3 cm³/mol. The van der Waals surface area contributed by atoms with Crippen molar-refractivity contribution in [2.75, 3.05) is 13.1 Å². The number of nitrogens with zero attached hydrogens (tertiary/aromatic N) is 1. The largest absolute Gasteiger partial charge is 0.369 e. The molecular formula is C19H28N2O. The van der Waals surface area contributed by atoms with E-state index >= 15 is 0 Å². The zero-order valence-corrected chi connectivity index (χ0v) is 13.7. The fraction of sp³-hybridized carbons (Fsp3) is 0.632. The number of carbonyl (C=O) groups is 1. The Hall–Kier alpha value is -1.35. The summed E-state index contributed by atoms with van der Waals surface area (Å²) in [6.07, 6.45) is 7.55. The third-order valence-electron chi connectivity index (χ3n) is 6.16. The monoisotopic (exact) mass is 300 g/mol. The molecule has 2 N–H and O–H groups in total. The van der Waals surface area contributed by atoms with E-state index in [9.17, 15) is 4.79 Å². The van der Waals surface area contributed by atoms with Gasteiger partial charge in [0.2, 0.25) is 5.91 Å². The van der Waals surface area contributed by atoms with Crippen LogP contribution >= 0.6 is 0 Å². The van der Waals surface area contributed by atoms with Crippen LogP contribution in [0.2, 0.25) is 0 Å². The maximum atomic E-state index is 12.6. The highest BCUT2D eigenvalue weighted by Crippen LogP contribution is 2.56. The van der Waals surface area contributed by atoms with Gasteiger partial charge < -0.3 is 5.73 Å². The summed E-state index contributed by atoms with van der Waals surface area (Å²) >= 11 is 0. The normalized spacial score (nSPS) is 33.0. The SMILES string of the molecule is CCC1(C(N)=O)CCCCC1(c1ccccc1)N1CCCC1. The van der Waals surface area contributed by atoms with Crippen LogP contribution in [-0.4, -0.2) is 23.9 Å². The molecule has 2 atom stereocenters. The molecule has 3 heteroatoms. The molecular weight excluding hydrogens is 272 g/mol. The van der Waals surface area contributed by atoms with Crippen molar-refractivity contribution >= 4 is 5.91 Å². The molecule has 3 nitrogen and oxygen atoms in total. The molecule has 120 valence electrons. The van der Waals surface area contributed by atoms with Crippen LogP contribution in [0, 0.1) is 5.41 Å². The predicted octanol–water partition coefficient (Wildman–Crippen LogP) is 3.43. The van der Waals surface area contributed by atoms with Crippen LogP contribution in [-0.2, 0) is 10.3 Å². The minimum absolute atomic E-state index is 0.106. The molecule has 2 aliphatic rings. The second kappa shape index (κ2) is 6.04. The molecule has 1 heterocycles. The number of hydrogen-bond donors (Lipinski definition) is 1. The summed E-state index contributed by atoms with van der Waals surface area (Å²) < 4.78 is 0. The molecule has 1 aliphatic heterocycles. The van der Waals surface area contributed by atoms with Gasteiger partial charge in [0.25, 0.3) is 0 Å². The van der Waals surface area contributed by atoms with Crippen LogP contribution in [0.25, 0.3) is 0 Å². The van der Waals surface area contributed by atoms with Crippen molar-refractivity contribution in [3.63, 3.8) is 0 Å². The van der Waals surface area contributed by atoms with E-state index in [1.807, 2.05) is 0 Å². The first-order chi connectivity index (χ1) is 10.7. The Balaban J connectivity index is 2.20. The first-order valence-electron chi connectivity index (χ1n) is 8.78. The number of hydrogen-bond acceptors (Lipinski definition) is 2. The van der Waals surface area contributed by atoms with Crippen LogP contribution < -0.4 is 5.73 Å². The molecule has 1 amide bonds. The molecule has 1 aromatic carbocycles. The Kier molecular flexibility index (Phi) is 4.26. The number of benzene rings is 1. The van der Waals surface area contributed by atoms with E-state index in [1.165, 1.54) is 24.8 Å². The average Bonchev–Trinajstić information content (AvgIpc) is 3.10. The lowest BCUT2D eigenvalue weighted by Gasteiger charge is -2.57. The first-order valence-corrected chi connectivity index (χ1v) is 8.78. The maximum Gasteiger partial charge on any atom is 0.225 e. The molecule has 0 bridgehead atoms. The van der Waals surface area contributed by atoms with E-state index in [1.54, 1.807) is 0 Å². The Morgan fingerprint density at radius 1 is 1.09 bits per heavy atom. The smallest absolute Gasteiger partial charge is 0.225 e. The van der Waals surface area contributed by atoms with Gasteiger partial charge in [0.15, 0.2) is 0 Å². The molecule has 2 unspecified atom stereocenters. The van der Waals surface area contributed by atoms with E-state index in [2.05, 4.69) is 42.2 Å². The topological polar surface area (TPSA) is 46.3 Å². The average molecular weight is 300 g/mol. The minimum atomic E-state index is -0.434. The molecule has 3 rings (SSSR count). The summed E-state index contributed by atoms with van der Waals surface area (Å²) in [5, 5.41) is 0. The summed E-state index contributed by atoms with van der Waals surface area (Å²) in [4.78, 5) is 15.2. The number of nitrogens with two attached hydrogens (primary N) is 1. The van der Waals surface area contributed by atoms with Crippen LogP contribution in [0.15, 0.2) is 30.3 Å². The van der Waals surface area contributed by atoms with E-state index in [0.29, 0.717) is 0 Å². The molecule has 1 saturated carbocycles. The molecule has 2 fully saturated rings. The fourth-order valence-electron chi connectivity index (χ4n) is 5.10. The summed E-state index contributed by atoms with van der Waals surface area (Å²) in [5.41, 5.74) is 6.68. The van der Waals surface area contributed by atoms with Gasteiger partial charge in [0.1, 0.15) is 0 Å². The summed E-state index contributed by atoms with van der Waals surface area (Å²) in [7, 11) is 0. The second-order valence-corrected chi connectivity index (χ2v) is 6.93. The fourth-order valence-corrected chi connectivity index (χ4v) is 5.10. The maximum absolute atomic E-state index is 12.6. The molecule has 22 heavy (non-hydrogen) atoms. The van der Waals surface area contributed by atoms with Crippen molar-refractivity contribution in [2.45, 2.75) is 57.4 Å². The summed E-state index contributed by atoms with van der Waals surface area (Å²) in [6.45, 7) is 4.32. The quantitative estimate of drug-likeness (QED) is 0.926. The lowest BCUT2D eigenvalue weighted by molar-refractivity contribution is -0.146. The zero-order chi connectivity index (χ0) is 15.6. The van der Waals surface area contributed by atoms with Crippen LogP contribution in [0.5, 0.6) is 0 Å². The highest BCUT2D eigenvalue weighted by Gasteiger charge is 2.59. The zero-order valence-electron chi connectivity index (χ0n) is 13.7. The molecule has 1 aromatic rings. The third-order valence-corrected chi connectivity index (χ3v) is 6.16. The Labute approximate surface area is 133 Å². The van der Waals surface area contributed by atoms with Crippen molar-refractivity contribution < 1.29 is 4.79 Å². The van der Waals surface area contributed by atoms with E-state index in [0.717, 1.165) is 38.8 Å². The van der Waals surface area contributed by atoms with Crippen molar-refractivity contribution in [1.82, 2.24) is 4.90 Å². The van der Waals surface area contributed by atoms with Gasteiger partial charge in [0.05, 0.1) is 11.0 Å². The Morgan fingerprint density at radius 3 is 2.32 bits per heavy atom. The van der Waals surface area contributed by atoms with Gasteiger partial charge in [-0.3, -0.25) is 9.69 Å². The molecule has 0 aromatic heterocycles. The molecule has 0 radical (unpaired) electrons. The number of carbonyl (C=O) groups excluding carboxylic acids is 1. The molecule has 1 saturated heterocycles. The van der Waals surface area contributed by atoms with Gasteiger partial charge in [-0.15, -0.1) is 0 Å². The highest BCUT2D eigenvalue weighted by atomic mass is 16.1. The van der Waals surface area contributed by atoms with Crippen LogP contribution in [0.4, 0.5) is 0 Å². The number of amides is 1. The van der Waals surface area contributed by atoms with Gasteiger partial charge in [-0.1, -0.05) is 50.1 Å². The summed E-state index contributed by atoms with van der Waals surface area (Å²) in [5.74, 6) is -0.106. The lowest BCUT2D eigenvalue weighted by Crippen LogP contribution is -2.63. The van der Waals surface area contributed by atoms with Gasteiger partial charge in [0, 0.05) is 0 Å². The number of likely N-dealkylation sites (tertiary alicyclic amines) is 1. The minimum Gasteiger partial charge on any atom is -0.369 e. The highest BCUT2D eigenvalue weighted by molar-refractivity contribution is 5.83.